The number of pyridine rings is 1. The van der Waals surface area contributed by atoms with E-state index in [-0.39, 0.29) is 29.4 Å². The van der Waals surface area contributed by atoms with E-state index in [1.807, 2.05) is 6.92 Å². The van der Waals surface area contributed by atoms with Crippen molar-refractivity contribution >= 4 is 22.9 Å². The first-order valence-electron chi connectivity index (χ1n) is 14.1. The Morgan fingerprint density at radius 3 is 2.51 bits per heavy atom. The number of halogens is 2. The first kappa shape index (κ1) is 30.2. The minimum absolute atomic E-state index is 0.168. The molecule has 8 nitrogen and oxygen atoms in total. The number of carboxylic acids is 1. The summed E-state index contributed by atoms with van der Waals surface area (Å²) in [6.45, 7) is 9.43. The maximum atomic E-state index is 15.6. The van der Waals surface area contributed by atoms with E-state index in [0.717, 1.165) is 23.1 Å². The number of nitrogens with zero attached hydrogens (tertiary/aromatic N) is 2. The molecule has 2 aromatic carbocycles. The number of amides is 1. The molecule has 10 heteroatoms. The van der Waals surface area contributed by atoms with E-state index in [0.29, 0.717) is 40.9 Å². The van der Waals surface area contributed by atoms with Gasteiger partial charge in [-0.3, -0.25) is 4.79 Å². The van der Waals surface area contributed by atoms with Crippen LogP contribution in [-0.2, 0) is 29.5 Å². The molecule has 0 radical (unpaired) electrons. The van der Waals surface area contributed by atoms with Crippen LogP contribution in [0.5, 0.6) is 5.75 Å². The number of carboxylic acid groups (broad SMARTS) is 1. The average Bonchev–Trinajstić information content (AvgIpc) is 3.28. The molecule has 2 aromatic heterocycles. The summed E-state index contributed by atoms with van der Waals surface area (Å²) in [5, 5.41) is 13.7. The van der Waals surface area contributed by atoms with Gasteiger partial charge in [0.1, 0.15) is 17.2 Å². The number of fused-ring (bicyclic) bond motifs is 2. The second-order valence-electron chi connectivity index (χ2n) is 11.9. The van der Waals surface area contributed by atoms with Crippen molar-refractivity contribution in [3.05, 3.63) is 81.7 Å². The fraction of sp³-hybridized carbons (Fsp3) is 0.364. The van der Waals surface area contributed by atoms with Crippen LogP contribution in [0.2, 0.25) is 0 Å². The van der Waals surface area contributed by atoms with Gasteiger partial charge in [0, 0.05) is 41.4 Å². The molecule has 1 aliphatic rings. The summed E-state index contributed by atoms with van der Waals surface area (Å²) in [5.41, 5.74) is 3.68. The fourth-order valence-corrected chi connectivity index (χ4v) is 5.66. The van der Waals surface area contributed by atoms with Gasteiger partial charge >= 0.3 is 5.97 Å². The van der Waals surface area contributed by atoms with Crippen molar-refractivity contribution in [3.63, 3.8) is 0 Å². The average molecular weight is 592 g/mol. The predicted octanol–water partition coefficient (Wildman–Crippen LogP) is 6.33. The number of aliphatic carboxylic acids is 1. The second-order valence-corrected chi connectivity index (χ2v) is 11.9. The highest BCUT2D eigenvalue weighted by molar-refractivity contribution is 6.04. The highest BCUT2D eigenvalue weighted by atomic mass is 19.1. The first-order valence-corrected chi connectivity index (χ1v) is 14.1. The minimum Gasteiger partial charge on any atom is -0.490 e. The number of nitrogens with one attached hydrogen (secondary N) is 1. The number of carbonyl (C=O) groups is 2. The molecule has 3 heterocycles. The van der Waals surface area contributed by atoms with Gasteiger partial charge in [-0.05, 0) is 88.4 Å². The quantitative estimate of drug-likeness (QED) is 0.260. The van der Waals surface area contributed by atoms with Gasteiger partial charge in [0.2, 0.25) is 0 Å². The molecule has 0 aliphatic carbocycles. The van der Waals surface area contributed by atoms with Crippen LogP contribution in [0.25, 0.3) is 22.2 Å². The van der Waals surface area contributed by atoms with Crippen molar-refractivity contribution in [3.8, 4) is 16.9 Å². The summed E-state index contributed by atoms with van der Waals surface area (Å²) in [4.78, 5) is 30.9. The van der Waals surface area contributed by atoms with E-state index in [2.05, 4.69) is 5.32 Å². The van der Waals surface area contributed by atoms with E-state index < -0.39 is 29.4 Å². The Balaban J connectivity index is 1.74. The lowest BCUT2D eigenvalue weighted by Gasteiger charge is -2.29. The summed E-state index contributed by atoms with van der Waals surface area (Å²) in [5.74, 6) is -2.32. The molecular weight excluding hydrogens is 556 g/mol. The normalized spacial score (nSPS) is 13.9. The summed E-state index contributed by atoms with van der Waals surface area (Å²) < 4.78 is 42.3. The van der Waals surface area contributed by atoms with Crippen LogP contribution >= 0.6 is 0 Å². The van der Waals surface area contributed by atoms with Crippen LogP contribution < -0.4 is 10.1 Å². The Hall–Kier alpha value is -4.31. The summed E-state index contributed by atoms with van der Waals surface area (Å²) >= 11 is 0. The van der Waals surface area contributed by atoms with Crippen LogP contribution in [0.15, 0.2) is 36.4 Å². The Labute approximate surface area is 248 Å². The smallest absolute Gasteiger partial charge is 0.337 e. The monoisotopic (exact) mass is 591 g/mol. The van der Waals surface area contributed by atoms with Crippen LogP contribution in [-0.4, -0.2) is 38.7 Å². The molecule has 0 spiro atoms. The van der Waals surface area contributed by atoms with Gasteiger partial charge in [0.25, 0.3) is 5.91 Å². The highest BCUT2D eigenvalue weighted by Gasteiger charge is 2.34. The SMILES string of the molecule is Cc1nc2c(cc(C(=O)NCc3ccc(F)cc3)n2C)c(-c2cc(F)c3c(c2C)CCCO3)c1[C@H](OC(C)(C)C)C(=O)O. The number of ether oxygens (including phenoxy) is 2. The second kappa shape index (κ2) is 11.4. The number of rotatable bonds is 7. The summed E-state index contributed by atoms with van der Waals surface area (Å²) in [7, 11) is 1.69. The van der Waals surface area contributed by atoms with Crippen molar-refractivity contribution in [2.24, 2.45) is 7.05 Å². The van der Waals surface area contributed by atoms with Gasteiger partial charge in [-0.1, -0.05) is 12.1 Å². The zero-order valence-corrected chi connectivity index (χ0v) is 25.1. The number of hydrogen-bond acceptors (Lipinski definition) is 5. The van der Waals surface area contributed by atoms with Gasteiger partial charge in [0.15, 0.2) is 17.7 Å². The predicted molar refractivity (Wildman–Crippen MR) is 158 cm³/mol. The van der Waals surface area contributed by atoms with Crippen molar-refractivity contribution < 1.29 is 33.0 Å². The molecule has 43 heavy (non-hydrogen) atoms. The molecule has 1 aliphatic heterocycles. The van der Waals surface area contributed by atoms with Crippen LogP contribution in [0.1, 0.15) is 71.7 Å². The van der Waals surface area contributed by atoms with Crippen molar-refractivity contribution in [1.82, 2.24) is 14.9 Å². The maximum absolute atomic E-state index is 15.6. The Morgan fingerprint density at radius 2 is 1.86 bits per heavy atom. The van der Waals surface area contributed by atoms with Crippen molar-refractivity contribution in [1.29, 1.82) is 0 Å². The molecule has 4 aromatic rings. The topological polar surface area (TPSA) is 103 Å². The number of hydrogen-bond donors (Lipinski definition) is 2. The van der Waals surface area contributed by atoms with Crippen LogP contribution in [0.3, 0.4) is 0 Å². The van der Waals surface area contributed by atoms with Crippen LogP contribution in [0.4, 0.5) is 8.78 Å². The maximum Gasteiger partial charge on any atom is 0.337 e. The zero-order valence-electron chi connectivity index (χ0n) is 25.1. The van der Waals surface area contributed by atoms with Crippen molar-refractivity contribution in [2.75, 3.05) is 6.61 Å². The highest BCUT2D eigenvalue weighted by Crippen LogP contribution is 2.44. The third-order valence-corrected chi connectivity index (χ3v) is 7.67. The lowest BCUT2D eigenvalue weighted by molar-refractivity contribution is -0.160. The Kier molecular flexibility index (Phi) is 8.00. The van der Waals surface area contributed by atoms with E-state index in [1.54, 1.807) is 57.5 Å². The zero-order chi connectivity index (χ0) is 31.2. The van der Waals surface area contributed by atoms with E-state index in [4.69, 9.17) is 14.5 Å². The van der Waals surface area contributed by atoms with Gasteiger partial charge < -0.3 is 24.5 Å². The standard InChI is InChI=1S/C33H35F2N3O5/c1-17-21-8-7-13-42-28(21)24(35)14-22(17)27-23-15-25(31(39)36-16-19-9-11-20(34)12-10-19)38(6)30(23)37-18(2)26(27)29(32(40)41)43-33(3,4)5/h9-12,14-15,29H,7-8,13,16H2,1-6H3,(H,36,39)(H,40,41)/t29-/m0/s1. The van der Waals surface area contributed by atoms with E-state index in [9.17, 15) is 19.1 Å². The molecule has 226 valence electrons. The molecular formula is C33H35F2N3O5. The minimum atomic E-state index is -1.42. The molecule has 1 amide bonds. The summed E-state index contributed by atoms with van der Waals surface area (Å²) in [6, 6.07) is 8.83. The number of carbonyl (C=O) groups excluding carboxylic acids is 1. The van der Waals surface area contributed by atoms with E-state index >= 15 is 4.39 Å². The third-order valence-electron chi connectivity index (χ3n) is 7.67. The Bertz CT molecular complexity index is 1740. The Morgan fingerprint density at radius 1 is 1.16 bits per heavy atom. The van der Waals surface area contributed by atoms with Crippen molar-refractivity contribution in [2.45, 2.75) is 65.7 Å². The summed E-state index contributed by atoms with van der Waals surface area (Å²) in [6.07, 6.45) is -0.0815. The lowest BCUT2D eigenvalue weighted by atomic mass is 9.86. The fourth-order valence-electron chi connectivity index (χ4n) is 5.66. The molecule has 0 unspecified atom stereocenters. The van der Waals surface area contributed by atoms with Gasteiger partial charge in [0.05, 0.1) is 12.2 Å². The molecule has 0 fully saturated rings. The molecule has 0 bridgehead atoms. The number of aromatic nitrogens is 2. The van der Waals surface area contributed by atoms with Gasteiger partial charge in [-0.25, -0.2) is 18.6 Å². The van der Waals surface area contributed by atoms with E-state index in [1.165, 1.54) is 18.2 Å². The van der Waals surface area contributed by atoms with Gasteiger partial charge in [-0.15, -0.1) is 0 Å². The lowest BCUT2D eigenvalue weighted by Crippen LogP contribution is -2.28. The molecule has 1 atom stereocenters. The molecule has 2 N–H and O–H groups in total. The molecule has 0 saturated carbocycles. The molecule has 0 saturated heterocycles. The first-order chi connectivity index (χ1) is 20.3. The van der Waals surface area contributed by atoms with Crippen LogP contribution in [0, 0.1) is 25.5 Å². The van der Waals surface area contributed by atoms with Gasteiger partial charge in [-0.2, -0.15) is 0 Å². The number of aryl methyl sites for hydroxylation is 2. The third kappa shape index (κ3) is 5.84. The largest absolute Gasteiger partial charge is 0.490 e. The molecule has 5 rings (SSSR count). The number of benzene rings is 2.